The van der Waals surface area contributed by atoms with Crippen molar-refractivity contribution in [1.82, 2.24) is 10.2 Å². The van der Waals surface area contributed by atoms with Crippen LogP contribution in [0.1, 0.15) is 5.56 Å². The summed E-state index contributed by atoms with van der Waals surface area (Å²) in [6, 6.07) is 26.6. The maximum absolute atomic E-state index is 12.7. The highest BCUT2D eigenvalue weighted by Crippen LogP contribution is 2.29. The molecular formula is C24H19N3OS. The highest BCUT2D eigenvalue weighted by Gasteiger charge is 2.24. The van der Waals surface area contributed by atoms with E-state index in [-0.39, 0.29) is 5.91 Å². The second kappa shape index (κ2) is 7.68. The Bertz CT molecular complexity index is 1190. The molecule has 0 spiro atoms. The molecule has 1 amide bonds. The number of para-hydroxylation sites is 1. The normalized spacial score (nSPS) is 12.9. The predicted octanol–water partition coefficient (Wildman–Crippen LogP) is 4.98. The van der Waals surface area contributed by atoms with Gasteiger partial charge in [-0.2, -0.15) is 0 Å². The minimum Gasteiger partial charge on any atom is -0.311 e. The number of thioether (sulfide) groups is 1. The maximum Gasteiger partial charge on any atom is 0.237 e. The summed E-state index contributed by atoms with van der Waals surface area (Å²) in [5.74, 6) is 0.471. The van der Waals surface area contributed by atoms with Crippen molar-refractivity contribution < 1.29 is 4.79 Å². The SMILES string of the molecule is O=C(CSc1ccc(-c2ccc3ccccc3c2)nn1)N1CCc2ccccc21. The van der Waals surface area contributed by atoms with Gasteiger partial charge in [-0.05, 0) is 47.0 Å². The first kappa shape index (κ1) is 17.9. The van der Waals surface area contributed by atoms with Crippen molar-refractivity contribution in [2.45, 2.75) is 11.4 Å². The molecule has 4 nitrogen and oxygen atoms in total. The van der Waals surface area contributed by atoms with Crippen LogP contribution in [0.15, 0.2) is 83.9 Å². The van der Waals surface area contributed by atoms with E-state index in [4.69, 9.17) is 0 Å². The summed E-state index contributed by atoms with van der Waals surface area (Å²) in [5, 5.41) is 11.8. The molecule has 0 unspecified atom stereocenters. The van der Waals surface area contributed by atoms with E-state index in [0.29, 0.717) is 5.75 Å². The van der Waals surface area contributed by atoms with Crippen LogP contribution >= 0.6 is 11.8 Å². The van der Waals surface area contributed by atoms with Crippen LogP contribution in [0.2, 0.25) is 0 Å². The average molecular weight is 398 g/mol. The second-order valence-corrected chi connectivity index (χ2v) is 8.03. The van der Waals surface area contributed by atoms with Crippen molar-refractivity contribution in [2.24, 2.45) is 0 Å². The highest BCUT2D eigenvalue weighted by atomic mass is 32.2. The van der Waals surface area contributed by atoms with Gasteiger partial charge in [0.2, 0.25) is 5.91 Å². The van der Waals surface area contributed by atoms with Crippen molar-refractivity contribution in [2.75, 3.05) is 17.2 Å². The molecule has 1 aliphatic heterocycles. The van der Waals surface area contributed by atoms with Gasteiger partial charge in [0.1, 0.15) is 5.03 Å². The first-order valence-corrected chi connectivity index (χ1v) is 10.6. The van der Waals surface area contributed by atoms with Crippen LogP contribution in [0, 0.1) is 0 Å². The third kappa shape index (κ3) is 3.61. The van der Waals surface area contributed by atoms with Gasteiger partial charge in [0, 0.05) is 17.8 Å². The number of anilines is 1. The number of nitrogens with zero attached hydrogens (tertiary/aromatic N) is 3. The Labute approximate surface area is 173 Å². The summed E-state index contributed by atoms with van der Waals surface area (Å²) >= 11 is 1.43. The standard InChI is InChI=1S/C24H19N3OS/c28-24(27-14-13-18-6-3-4-8-22(18)27)16-29-23-12-11-21(25-26-23)20-10-9-17-5-1-2-7-19(17)15-20/h1-12,15H,13-14,16H2. The van der Waals surface area contributed by atoms with Crippen molar-refractivity contribution >= 4 is 34.1 Å². The Morgan fingerprint density at radius 3 is 2.59 bits per heavy atom. The number of aromatic nitrogens is 2. The van der Waals surface area contributed by atoms with Crippen LogP contribution in [0.25, 0.3) is 22.0 Å². The zero-order valence-electron chi connectivity index (χ0n) is 15.8. The fourth-order valence-corrected chi connectivity index (χ4v) is 4.40. The lowest BCUT2D eigenvalue weighted by atomic mass is 10.1. The highest BCUT2D eigenvalue weighted by molar-refractivity contribution is 7.99. The number of carbonyl (C=O) groups excluding carboxylic acids is 1. The van der Waals surface area contributed by atoms with E-state index in [9.17, 15) is 4.79 Å². The summed E-state index contributed by atoms with van der Waals surface area (Å²) in [6.45, 7) is 0.755. The molecule has 142 valence electrons. The number of amides is 1. The Morgan fingerprint density at radius 2 is 1.72 bits per heavy atom. The molecule has 0 aliphatic carbocycles. The molecule has 2 heterocycles. The van der Waals surface area contributed by atoms with Gasteiger partial charge in [0.05, 0.1) is 11.4 Å². The van der Waals surface area contributed by atoms with Crippen molar-refractivity contribution in [3.05, 3.63) is 84.4 Å². The molecule has 0 bridgehead atoms. The molecule has 0 atom stereocenters. The number of benzene rings is 3. The van der Waals surface area contributed by atoms with Gasteiger partial charge >= 0.3 is 0 Å². The number of hydrogen-bond donors (Lipinski definition) is 0. The van der Waals surface area contributed by atoms with Crippen LogP contribution in [0.3, 0.4) is 0 Å². The first-order chi connectivity index (χ1) is 14.3. The number of hydrogen-bond acceptors (Lipinski definition) is 4. The molecule has 1 aliphatic rings. The van der Waals surface area contributed by atoms with E-state index in [1.807, 2.05) is 47.4 Å². The Balaban J connectivity index is 1.26. The Morgan fingerprint density at radius 1 is 0.897 bits per heavy atom. The molecule has 1 aromatic heterocycles. The van der Waals surface area contributed by atoms with E-state index < -0.39 is 0 Å². The Kier molecular flexibility index (Phi) is 4.74. The lowest BCUT2D eigenvalue weighted by Gasteiger charge is -2.16. The summed E-state index contributed by atoms with van der Waals surface area (Å²) in [5.41, 5.74) is 4.15. The molecule has 3 aromatic carbocycles. The van der Waals surface area contributed by atoms with Gasteiger partial charge in [-0.25, -0.2) is 0 Å². The zero-order valence-corrected chi connectivity index (χ0v) is 16.6. The molecule has 0 saturated heterocycles. The summed E-state index contributed by atoms with van der Waals surface area (Å²) in [7, 11) is 0. The smallest absolute Gasteiger partial charge is 0.237 e. The summed E-state index contributed by atoms with van der Waals surface area (Å²) in [4.78, 5) is 14.5. The summed E-state index contributed by atoms with van der Waals surface area (Å²) in [6.07, 6.45) is 0.923. The largest absolute Gasteiger partial charge is 0.311 e. The quantitative estimate of drug-likeness (QED) is 0.456. The fourth-order valence-electron chi connectivity index (χ4n) is 3.71. The molecule has 29 heavy (non-hydrogen) atoms. The average Bonchev–Trinajstić information content (AvgIpc) is 3.22. The monoisotopic (exact) mass is 397 g/mol. The number of rotatable bonds is 4. The second-order valence-electron chi connectivity index (χ2n) is 7.03. The van der Waals surface area contributed by atoms with Gasteiger partial charge in [0.15, 0.2) is 0 Å². The van der Waals surface area contributed by atoms with Crippen molar-refractivity contribution in [1.29, 1.82) is 0 Å². The van der Waals surface area contributed by atoms with Gasteiger partial charge in [-0.15, -0.1) is 10.2 Å². The van der Waals surface area contributed by atoms with E-state index in [0.717, 1.165) is 34.9 Å². The molecule has 0 N–H and O–H groups in total. The molecule has 0 fully saturated rings. The van der Waals surface area contributed by atoms with E-state index in [2.05, 4.69) is 46.6 Å². The zero-order chi connectivity index (χ0) is 19.6. The third-order valence-electron chi connectivity index (χ3n) is 5.22. The van der Waals surface area contributed by atoms with Crippen molar-refractivity contribution in [3.8, 4) is 11.3 Å². The lowest BCUT2D eigenvalue weighted by Crippen LogP contribution is -2.30. The van der Waals surface area contributed by atoms with Crippen LogP contribution in [-0.2, 0) is 11.2 Å². The van der Waals surface area contributed by atoms with Crippen molar-refractivity contribution in [3.63, 3.8) is 0 Å². The van der Waals surface area contributed by atoms with Gasteiger partial charge in [-0.1, -0.05) is 66.4 Å². The molecule has 0 saturated carbocycles. The molecule has 5 heteroatoms. The minimum absolute atomic E-state index is 0.111. The summed E-state index contributed by atoms with van der Waals surface area (Å²) < 4.78 is 0. The van der Waals surface area contributed by atoms with Gasteiger partial charge in [-0.3, -0.25) is 4.79 Å². The first-order valence-electron chi connectivity index (χ1n) is 9.62. The third-order valence-corrected chi connectivity index (χ3v) is 6.12. The Hall–Kier alpha value is -3.18. The lowest BCUT2D eigenvalue weighted by molar-refractivity contribution is -0.116. The molecule has 4 aromatic rings. The number of carbonyl (C=O) groups is 1. The number of fused-ring (bicyclic) bond motifs is 2. The maximum atomic E-state index is 12.7. The van der Waals surface area contributed by atoms with E-state index >= 15 is 0 Å². The fraction of sp³-hybridized carbons (Fsp3) is 0.125. The van der Waals surface area contributed by atoms with Crippen LogP contribution in [0.4, 0.5) is 5.69 Å². The molecular weight excluding hydrogens is 378 g/mol. The topological polar surface area (TPSA) is 46.1 Å². The van der Waals surface area contributed by atoms with Crippen LogP contribution in [-0.4, -0.2) is 28.4 Å². The van der Waals surface area contributed by atoms with Crippen LogP contribution < -0.4 is 4.90 Å². The predicted molar refractivity (Wildman–Crippen MR) is 118 cm³/mol. The minimum atomic E-state index is 0.111. The molecule has 5 rings (SSSR count). The van der Waals surface area contributed by atoms with E-state index in [1.54, 1.807) is 0 Å². The van der Waals surface area contributed by atoms with Gasteiger partial charge in [0.25, 0.3) is 0 Å². The molecule has 0 radical (unpaired) electrons. The van der Waals surface area contributed by atoms with Crippen LogP contribution in [0.5, 0.6) is 0 Å². The van der Waals surface area contributed by atoms with E-state index in [1.165, 1.54) is 28.1 Å². The van der Waals surface area contributed by atoms with Gasteiger partial charge < -0.3 is 4.90 Å².